The molecule has 1 aromatic rings. The summed E-state index contributed by atoms with van der Waals surface area (Å²) in [6, 6.07) is 4.38. The third-order valence-corrected chi connectivity index (χ3v) is 4.85. The fourth-order valence-electron chi connectivity index (χ4n) is 3.41. The van der Waals surface area contributed by atoms with Crippen molar-refractivity contribution < 1.29 is 9.53 Å². The topological polar surface area (TPSA) is 41.6 Å². The molecule has 0 unspecified atom stereocenters. The standard InChI is InChI=1S/C19H30N2O2/c1-13(2)16-11-15(14(3)10-18(16)23-5)12-21-9-7-6-8-17(21)19(22)20-4/h10-11,13,17H,6-9,12H2,1-5H3,(H,20,22)/t17-/m0/s1. The Morgan fingerprint density at radius 3 is 2.74 bits per heavy atom. The zero-order valence-electron chi connectivity index (χ0n) is 15.1. The van der Waals surface area contributed by atoms with Crippen LogP contribution in [0.2, 0.25) is 0 Å². The van der Waals surface area contributed by atoms with E-state index in [2.05, 4.69) is 43.1 Å². The highest BCUT2D eigenvalue weighted by Crippen LogP contribution is 2.31. The number of ether oxygens (including phenoxy) is 1. The highest BCUT2D eigenvalue weighted by Gasteiger charge is 2.28. The number of carbonyl (C=O) groups excluding carboxylic acids is 1. The molecule has 1 heterocycles. The Labute approximate surface area is 140 Å². The van der Waals surface area contributed by atoms with Gasteiger partial charge in [-0.2, -0.15) is 0 Å². The molecule has 1 saturated heterocycles. The summed E-state index contributed by atoms with van der Waals surface area (Å²) >= 11 is 0. The maximum Gasteiger partial charge on any atom is 0.237 e. The molecule has 1 amide bonds. The number of likely N-dealkylation sites (tertiary alicyclic amines) is 1. The first-order valence-corrected chi connectivity index (χ1v) is 8.61. The summed E-state index contributed by atoms with van der Waals surface area (Å²) in [7, 11) is 3.46. The third kappa shape index (κ3) is 4.05. The van der Waals surface area contributed by atoms with Crippen LogP contribution in [0.4, 0.5) is 0 Å². The molecule has 1 N–H and O–H groups in total. The van der Waals surface area contributed by atoms with Gasteiger partial charge in [0.05, 0.1) is 13.2 Å². The Morgan fingerprint density at radius 2 is 2.13 bits per heavy atom. The van der Waals surface area contributed by atoms with Crippen molar-refractivity contribution >= 4 is 5.91 Å². The number of aryl methyl sites for hydroxylation is 1. The number of hydrogen-bond acceptors (Lipinski definition) is 3. The van der Waals surface area contributed by atoms with Crippen molar-refractivity contribution in [1.82, 2.24) is 10.2 Å². The SMILES string of the molecule is CNC(=O)[C@@H]1CCCCN1Cc1cc(C(C)C)c(OC)cc1C. The van der Waals surface area contributed by atoms with E-state index in [4.69, 9.17) is 4.74 Å². The number of hydrogen-bond donors (Lipinski definition) is 1. The summed E-state index contributed by atoms with van der Waals surface area (Å²) in [4.78, 5) is 14.5. The van der Waals surface area contributed by atoms with Crippen LogP contribution in [-0.2, 0) is 11.3 Å². The van der Waals surface area contributed by atoms with E-state index >= 15 is 0 Å². The van der Waals surface area contributed by atoms with E-state index < -0.39 is 0 Å². The van der Waals surface area contributed by atoms with Crippen LogP contribution in [0.3, 0.4) is 0 Å². The van der Waals surface area contributed by atoms with Crippen molar-refractivity contribution in [2.24, 2.45) is 0 Å². The number of benzene rings is 1. The largest absolute Gasteiger partial charge is 0.496 e. The molecule has 0 aliphatic carbocycles. The molecule has 1 atom stereocenters. The minimum atomic E-state index is -0.00208. The van der Waals surface area contributed by atoms with Crippen molar-refractivity contribution in [1.29, 1.82) is 0 Å². The molecular weight excluding hydrogens is 288 g/mol. The van der Waals surface area contributed by atoms with E-state index in [-0.39, 0.29) is 11.9 Å². The zero-order valence-corrected chi connectivity index (χ0v) is 15.1. The van der Waals surface area contributed by atoms with E-state index in [1.165, 1.54) is 23.1 Å². The number of likely N-dealkylation sites (N-methyl/N-ethyl adjacent to an activating group) is 1. The summed E-state index contributed by atoms with van der Waals surface area (Å²) in [5, 5.41) is 2.81. The number of amides is 1. The Balaban J connectivity index is 2.27. The molecular formula is C19H30N2O2. The van der Waals surface area contributed by atoms with Crippen LogP contribution in [0.1, 0.15) is 55.7 Å². The molecule has 4 nitrogen and oxygen atoms in total. The Hall–Kier alpha value is -1.55. The molecule has 1 aliphatic rings. The second-order valence-electron chi connectivity index (χ2n) is 6.77. The number of rotatable bonds is 5. The lowest BCUT2D eigenvalue weighted by molar-refractivity contribution is -0.127. The molecule has 0 saturated carbocycles. The highest BCUT2D eigenvalue weighted by atomic mass is 16.5. The average molecular weight is 318 g/mol. The molecule has 0 radical (unpaired) electrons. The maximum absolute atomic E-state index is 12.2. The van der Waals surface area contributed by atoms with E-state index in [0.29, 0.717) is 5.92 Å². The van der Waals surface area contributed by atoms with Crippen LogP contribution in [-0.4, -0.2) is 37.6 Å². The molecule has 23 heavy (non-hydrogen) atoms. The van der Waals surface area contributed by atoms with Gasteiger partial charge in [-0.25, -0.2) is 0 Å². The molecule has 2 rings (SSSR count). The first-order valence-electron chi connectivity index (χ1n) is 8.61. The first kappa shape index (κ1) is 17.8. The lowest BCUT2D eigenvalue weighted by Gasteiger charge is -2.35. The first-order chi connectivity index (χ1) is 11.0. The van der Waals surface area contributed by atoms with Gasteiger partial charge in [-0.1, -0.05) is 26.3 Å². The predicted octanol–water partition coefficient (Wildman–Crippen LogP) is 3.23. The monoisotopic (exact) mass is 318 g/mol. The molecule has 0 bridgehead atoms. The van der Waals surface area contributed by atoms with E-state index in [0.717, 1.165) is 31.7 Å². The minimum absolute atomic E-state index is 0.00208. The minimum Gasteiger partial charge on any atom is -0.496 e. The summed E-state index contributed by atoms with van der Waals surface area (Å²) in [5.74, 6) is 1.52. The van der Waals surface area contributed by atoms with Crippen molar-refractivity contribution in [3.8, 4) is 5.75 Å². The lowest BCUT2D eigenvalue weighted by atomic mass is 9.94. The fraction of sp³-hybridized carbons (Fsp3) is 0.632. The summed E-state index contributed by atoms with van der Waals surface area (Å²) in [6.45, 7) is 8.31. The van der Waals surface area contributed by atoms with Crippen LogP contribution in [0.25, 0.3) is 0 Å². The van der Waals surface area contributed by atoms with Gasteiger partial charge in [-0.15, -0.1) is 0 Å². The summed E-state index contributed by atoms with van der Waals surface area (Å²) in [6.07, 6.45) is 3.25. The Morgan fingerprint density at radius 1 is 1.39 bits per heavy atom. The molecule has 0 aromatic heterocycles. The predicted molar refractivity (Wildman–Crippen MR) is 93.9 cm³/mol. The molecule has 4 heteroatoms. The normalized spacial score (nSPS) is 19.0. The van der Waals surface area contributed by atoms with Crippen LogP contribution < -0.4 is 10.1 Å². The molecule has 1 aliphatic heterocycles. The summed E-state index contributed by atoms with van der Waals surface area (Å²) in [5.41, 5.74) is 3.76. The van der Waals surface area contributed by atoms with Crippen molar-refractivity contribution in [2.75, 3.05) is 20.7 Å². The molecule has 128 valence electrons. The zero-order chi connectivity index (χ0) is 17.0. The quantitative estimate of drug-likeness (QED) is 0.906. The van der Waals surface area contributed by atoms with Crippen molar-refractivity contribution in [2.45, 2.75) is 58.5 Å². The van der Waals surface area contributed by atoms with Gasteiger partial charge < -0.3 is 10.1 Å². The smallest absolute Gasteiger partial charge is 0.237 e. The Bertz CT molecular complexity index is 555. The van der Waals surface area contributed by atoms with Crippen molar-refractivity contribution in [3.63, 3.8) is 0 Å². The number of nitrogens with one attached hydrogen (secondary N) is 1. The molecule has 0 spiro atoms. The Kier molecular flexibility index (Phi) is 6.05. The van der Waals surface area contributed by atoms with Gasteiger partial charge in [-0.05, 0) is 55.0 Å². The van der Waals surface area contributed by atoms with Gasteiger partial charge >= 0.3 is 0 Å². The van der Waals surface area contributed by atoms with Crippen molar-refractivity contribution in [3.05, 3.63) is 28.8 Å². The van der Waals surface area contributed by atoms with Crippen LogP contribution in [0.15, 0.2) is 12.1 Å². The molecule has 1 fully saturated rings. The number of nitrogens with zero attached hydrogens (tertiary/aromatic N) is 1. The van der Waals surface area contributed by atoms with Crippen LogP contribution in [0.5, 0.6) is 5.75 Å². The number of piperidine rings is 1. The third-order valence-electron chi connectivity index (χ3n) is 4.85. The number of methoxy groups -OCH3 is 1. The highest BCUT2D eigenvalue weighted by molar-refractivity contribution is 5.81. The van der Waals surface area contributed by atoms with Crippen LogP contribution >= 0.6 is 0 Å². The van der Waals surface area contributed by atoms with Gasteiger partial charge in [0.1, 0.15) is 5.75 Å². The van der Waals surface area contributed by atoms with Gasteiger partial charge in [0.25, 0.3) is 0 Å². The van der Waals surface area contributed by atoms with Gasteiger partial charge in [0.15, 0.2) is 0 Å². The van der Waals surface area contributed by atoms with Gasteiger partial charge in [-0.3, -0.25) is 9.69 Å². The number of carbonyl (C=O) groups is 1. The van der Waals surface area contributed by atoms with E-state index in [9.17, 15) is 4.79 Å². The second-order valence-corrected chi connectivity index (χ2v) is 6.77. The average Bonchev–Trinajstić information content (AvgIpc) is 2.55. The maximum atomic E-state index is 12.2. The van der Waals surface area contributed by atoms with Crippen LogP contribution in [0, 0.1) is 6.92 Å². The molecule has 1 aromatic carbocycles. The van der Waals surface area contributed by atoms with Gasteiger partial charge in [0.2, 0.25) is 5.91 Å². The fourth-order valence-corrected chi connectivity index (χ4v) is 3.41. The summed E-state index contributed by atoms with van der Waals surface area (Å²) < 4.78 is 5.53. The lowest BCUT2D eigenvalue weighted by Crippen LogP contribution is -2.48. The van der Waals surface area contributed by atoms with Gasteiger partial charge in [0, 0.05) is 13.6 Å². The second kappa shape index (κ2) is 7.82. The van der Waals surface area contributed by atoms with E-state index in [1.807, 2.05) is 0 Å². The van der Waals surface area contributed by atoms with E-state index in [1.54, 1.807) is 14.2 Å².